The van der Waals surface area contributed by atoms with Crippen LogP contribution in [-0.4, -0.2) is 26.2 Å². The van der Waals surface area contributed by atoms with Crippen LogP contribution in [0.5, 0.6) is 0 Å². The van der Waals surface area contributed by atoms with Gasteiger partial charge >= 0.3 is 5.97 Å². The van der Waals surface area contributed by atoms with Crippen molar-refractivity contribution in [1.82, 2.24) is 15.1 Å². The van der Waals surface area contributed by atoms with E-state index in [4.69, 9.17) is 14.0 Å². The maximum Gasteiger partial charge on any atom is 0.303 e. The zero-order chi connectivity index (χ0) is 10.7. The molecule has 0 atom stereocenters. The quantitative estimate of drug-likeness (QED) is 0.791. The number of aryl methyl sites for hydroxylation is 1. The van der Waals surface area contributed by atoms with Crippen LogP contribution in [0.1, 0.15) is 12.3 Å². The molecule has 7 nitrogen and oxygen atoms in total. The average molecular weight is 209 g/mol. The van der Waals surface area contributed by atoms with Gasteiger partial charge < -0.3 is 14.0 Å². The number of rotatable bonds is 4. The van der Waals surface area contributed by atoms with Crippen molar-refractivity contribution in [2.75, 3.05) is 0 Å². The highest BCUT2D eigenvalue weighted by Crippen LogP contribution is 2.13. The molecule has 0 saturated carbocycles. The molecule has 0 amide bonds. The van der Waals surface area contributed by atoms with Gasteiger partial charge in [-0.05, 0) is 0 Å². The minimum atomic E-state index is -0.906. The Morgan fingerprint density at radius 3 is 3.07 bits per heavy atom. The third-order valence-electron chi connectivity index (χ3n) is 1.68. The lowest BCUT2D eigenvalue weighted by atomic mass is 10.3. The molecule has 7 heteroatoms. The molecule has 2 rings (SSSR count). The van der Waals surface area contributed by atoms with E-state index in [1.807, 2.05) is 0 Å². The van der Waals surface area contributed by atoms with Crippen LogP contribution in [0.3, 0.4) is 0 Å². The Morgan fingerprint density at radius 1 is 1.53 bits per heavy atom. The van der Waals surface area contributed by atoms with E-state index in [2.05, 4.69) is 15.1 Å². The number of oxazole rings is 1. The molecule has 0 radical (unpaired) electrons. The average Bonchev–Trinajstić information content (AvgIpc) is 2.85. The maximum atomic E-state index is 10.3. The van der Waals surface area contributed by atoms with Gasteiger partial charge in [-0.25, -0.2) is 4.98 Å². The van der Waals surface area contributed by atoms with Gasteiger partial charge in [0.15, 0.2) is 6.39 Å². The first kappa shape index (κ1) is 9.38. The summed E-state index contributed by atoms with van der Waals surface area (Å²) in [6.07, 6.45) is 2.80. The zero-order valence-corrected chi connectivity index (χ0v) is 7.58. The number of hydrogen-bond donors (Lipinski definition) is 1. The van der Waals surface area contributed by atoms with Crippen LogP contribution in [-0.2, 0) is 11.2 Å². The molecule has 1 N–H and O–H groups in total. The minimum absolute atomic E-state index is 0.0412. The summed E-state index contributed by atoms with van der Waals surface area (Å²) < 4.78 is 9.58. The fraction of sp³-hybridized carbons (Fsp3) is 0.250. The Labute approximate surface area is 83.7 Å². The Balaban J connectivity index is 2.08. The van der Waals surface area contributed by atoms with Crippen molar-refractivity contribution in [3.8, 4) is 11.5 Å². The summed E-state index contributed by atoms with van der Waals surface area (Å²) >= 11 is 0. The van der Waals surface area contributed by atoms with Gasteiger partial charge in [0.25, 0.3) is 0 Å². The lowest BCUT2D eigenvalue weighted by molar-refractivity contribution is -0.137. The smallest absolute Gasteiger partial charge is 0.303 e. The largest absolute Gasteiger partial charge is 0.481 e. The molecule has 2 heterocycles. The molecule has 0 spiro atoms. The third kappa shape index (κ3) is 2.19. The second-order valence-electron chi connectivity index (χ2n) is 2.78. The summed E-state index contributed by atoms with van der Waals surface area (Å²) in [4.78, 5) is 18.1. The van der Waals surface area contributed by atoms with E-state index < -0.39 is 5.97 Å². The summed E-state index contributed by atoms with van der Waals surface area (Å²) in [6.45, 7) is 0. The second kappa shape index (κ2) is 3.91. The van der Waals surface area contributed by atoms with Crippen LogP contribution in [0.25, 0.3) is 11.5 Å². The molecule has 0 aliphatic heterocycles. The molecule has 0 fully saturated rings. The first-order valence-electron chi connectivity index (χ1n) is 4.18. The van der Waals surface area contributed by atoms with Gasteiger partial charge in [-0.3, -0.25) is 4.79 Å². The summed E-state index contributed by atoms with van der Waals surface area (Å²) in [5.41, 5.74) is 0.459. The molecule has 78 valence electrons. The molecule has 2 aromatic heterocycles. The molecule has 0 unspecified atom stereocenters. The molecule has 0 aromatic carbocycles. The van der Waals surface area contributed by atoms with E-state index >= 15 is 0 Å². The van der Waals surface area contributed by atoms with Gasteiger partial charge in [-0.15, -0.1) is 0 Å². The number of aromatic nitrogens is 3. The van der Waals surface area contributed by atoms with Crippen LogP contribution in [0, 0.1) is 0 Å². The van der Waals surface area contributed by atoms with E-state index in [0.717, 1.165) is 0 Å². The summed E-state index contributed by atoms with van der Waals surface area (Å²) in [6, 6.07) is 0. The Bertz CT molecular complexity index is 448. The highest BCUT2D eigenvalue weighted by atomic mass is 16.5. The SMILES string of the molecule is O=C(O)CCc1nc(-c2cocn2)no1. The van der Waals surface area contributed by atoms with E-state index in [1.54, 1.807) is 0 Å². The third-order valence-corrected chi connectivity index (χ3v) is 1.68. The molecule has 2 aromatic rings. The fourth-order valence-electron chi connectivity index (χ4n) is 0.997. The van der Waals surface area contributed by atoms with Gasteiger partial charge in [-0.2, -0.15) is 4.98 Å². The Kier molecular flexibility index (Phi) is 2.44. The number of carboxylic acid groups (broad SMARTS) is 1. The van der Waals surface area contributed by atoms with Crippen LogP contribution in [0.4, 0.5) is 0 Å². The van der Waals surface area contributed by atoms with E-state index in [-0.39, 0.29) is 18.7 Å². The van der Waals surface area contributed by atoms with Crippen molar-refractivity contribution in [3.63, 3.8) is 0 Å². The molecule has 0 saturated heterocycles. The predicted molar refractivity (Wildman–Crippen MR) is 45.8 cm³/mol. The standard InChI is InChI=1S/C8H7N3O4/c12-7(13)2-1-6-10-8(11-15-6)5-3-14-4-9-5/h3-4H,1-2H2,(H,12,13). The van der Waals surface area contributed by atoms with Crippen LogP contribution in [0.15, 0.2) is 21.6 Å². The van der Waals surface area contributed by atoms with E-state index in [0.29, 0.717) is 11.5 Å². The molecule has 15 heavy (non-hydrogen) atoms. The van der Waals surface area contributed by atoms with Gasteiger partial charge in [0.1, 0.15) is 12.0 Å². The number of carbonyl (C=O) groups is 1. The van der Waals surface area contributed by atoms with E-state index in [1.165, 1.54) is 12.7 Å². The lowest BCUT2D eigenvalue weighted by Gasteiger charge is -1.86. The van der Waals surface area contributed by atoms with E-state index in [9.17, 15) is 4.79 Å². The van der Waals surface area contributed by atoms with Gasteiger partial charge in [0, 0.05) is 6.42 Å². The zero-order valence-electron chi connectivity index (χ0n) is 7.58. The first-order chi connectivity index (χ1) is 7.25. The van der Waals surface area contributed by atoms with Crippen LogP contribution in [0.2, 0.25) is 0 Å². The van der Waals surface area contributed by atoms with Crippen LogP contribution < -0.4 is 0 Å². The number of aliphatic carboxylic acids is 1. The predicted octanol–water partition coefficient (Wildman–Crippen LogP) is 0.742. The monoisotopic (exact) mass is 209 g/mol. The van der Waals surface area contributed by atoms with Crippen molar-refractivity contribution >= 4 is 5.97 Å². The Hall–Kier alpha value is -2.18. The van der Waals surface area contributed by atoms with Gasteiger partial charge in [0.05, 0.1) is 6.42 Å². The first-order valence-corrected chi connectivity index (χ1v) is 4.18. The highest BCUT2D eigenvalue weighted by molar-refractivity contribution is 5.66. The topological polar surface area (TPSA) is 102 Å². The fourth-order valence-corrected chi connectivity index (χ4v) is 0.997. The minimum Gasteiger partial charge on any atom is -0.481 e. The molecular formula is C8H7N3O4. The summed E-state index contributed by atoms with van der Waals surface area (Å²) in [5, 5.41) is 12.1. The van der Waals surface area contributed by atoms with Gasteiger partial charge in [-0.1, -0.05) is 5.16 Å². The number of nitrogens with zero attached hydrogens (tertiary/aromatic N) is 3. The van der Waals surface area contributed by atoms with Crippen molar-refractivity contribution in [3.05, 3.63) is 18.5 Å². The summed E-state index contributed by atoms with van der Waals surface area (Å²) in [5.74, 6) is -0.337. The number of carboxylic acids is 1. The lowest BCUT2D eigenvalue weighted by Crippen LogP contribution is -1.97. The van der Waals surface area contributed by atoms with Crippen molar-refractivity contribution in [2.45, 2.75) is 12.8 Å². The van der Waals surface area contributed by atoms with Crippen molar-refractivity contribution in [2.24, 2.45) is 0 Å². The molecule has 0 aliphatic carbocycles. The normalized spacial score (nSPS) is 10.4. The van der Waals surface area contributed by atoms with Crippen LogP contribution >= 0.6 is 0 Å². The highest BCUT2D eigenvalue weighted by Gasteiger charge is 2.11. The van der Waals surface area contributed by atoms with Crippen molar-refractivity contribution in [1.29, 1.82) is 0 Å². The maximum absolute atomic E-state index is 10.3. The second-order valence-corrected chi connectivity index (χ2v) is 2.78. The summed E-state index contributed by atoms with van der Waals surface area (Å²) in [7, 11) is 0. The van der Waals surface area contributed by atoms with Crippen molar-refractivity contribution < 1.29 is 18.8 Å². The van der Waals surface area contributed by atoms with Gasteiger partial charge in [0.2, 0.25) is 11.7 Å². The molecule has 0 aliphatic rings. The molecule has 0 bridgehead atoms. The number of hydrogen-bond acceptors (Lipinski definition) is 6. The molecular weight excluding hydrogens is 202 g/mol. The Morgan fingerprint density at radius 2 is 2.40 bits per heavy atom.